The Bertz CT molecular complexity index is 928. The van der Waals surface area contributed by atoms with E-state index >= 15 is 0 Å². The molecule has 0 saturated heterocycles. The fourth-order valence-corrected chi connectivity index (χ4v) is 2.32. The van der Waals surface area contributed by atoms with Crippen LogP contribution in [0.5, 0.6) is 0 Å². The SMILES string of the molecule is Nc1[nH]c(N=C2N=c3ccccc3=N2)c2ccccc12. The first-order valence-electron chi connectivity index (χ1n) is 6.29. The van der Waals surface area contributed by atoms with Crippen LogP contribution >= 0.6 is 0 Å². The zero-order chi connectivity index (χ0) is 13.5. The molecule has 5 heteroatoms. The molecule has 4 rings (SSSR count). The van der Waals surface area contributed by atoms with Crippen LogP contribution in [0.25, 0.3) is 10.8 Å². The third-order valence-electron chi connectivity index (χ3n) is 3.26. The Labute approximate surface area is 114 Å². The summed E-state index contributed by atoms with van der Waals surface area (Å²) in [6.07, 6.45) is 0. The lowest BCUT2D eigenvalue weighted by Gasteiger charge is -1.91. The molecule has 0 saturated carbocycles. The van der Waals surface area contributed by atoms with Crippen LogP contribution in [0.2, 0.25) is 0 Å². The molecule has 1 aliphatic heterocycles. The molecule has 20 heavy (non-hydrogen) atoms. The predicted molar refractivity (Wildman–Crippen MR) is 78.6 cm³/mol. The van der Waals surface area contributed by atoms with Gasteiger partial charge in [0.1, 0.15) is 11.6 Å². The molecule has 0 fully saturated rings. The van der Waals surface area contributed by atoms with E-state index in [-0.39, 0.29) is 0 Å². The Hall–Kier alpha value is -2.95. The van der Waals surface area contributed by atoms with Gasteiger partial charge in [-0.1, -0.05) is 36.4 Å². The molecule has 0 unspecified atom stereocenters. The fourth-order valence-electron chi connectivity index (χ4n) is 2.32. The number of nitrogens with two attached hydrogens (primary N) is 1. The number of nitrogen functional groups attached to an aromatic ring is 1. The second kappa shape index (κ2) is 4.03. The number of nitrogens with zero attached hydrogens (tertiary/aromatic N) is 3. The summed E-state index contributed by atoms with van der Waals surface area (Å²) in [6.45, 7) is 0. The van der Waals surface area contributed by atoms with E-state index in [2.05, 4.69) is 20.0 Å². The molecule has 96 valence electrons. The molecule has 1 aliphatic rings. The fraction of sp³-hybridized carbons (Fsp3) is 0. The topological polar surface area (TPSA) is 78.9 Å². The molecule has 0 amide bonds. The number of hydrogen-bond acceptors (Lipinski definition) is 2. The van der Waals surface area contributed by atoms with E-state index in [1.165, 1.54) is 0 Å². The summed E-state index contributed by atoms with van der Waals surface area (Å²) in [6, 6.07) is 15.5. The zero-order valence-electron chi connectivity index (χ0n) is 10.5. The van der Waals surface area contributed by atoms with Crippen LogP contribution in [0.4, 0.5) is 11.6 Å². The summed E-state index contributed by atoms with van der Waals surface area (Å²) in [5, 5.41) is 3.62. The number of rotatable bonds is 1. The maximum absolute atomic E-state index is 5.95. The van der Waals surface area contributed by atoms with Crippen molar-refractivity contribution in [2.24, 2.45) is 15.0 Å². The number of anilines is 1. The Morgan fingerprint density at radius 2 is 1.45 bits per heavy atom. The monoisotopic (exact) mass is 261 g/mol. The summed E-state index contributed by atoms with van der Waals surface area (Å²) in [4.78, 5) is 16.3. The minimum atomic E-state index is 0.443. The lowest BCUT2D eigenvalue weighted by Crippen LogP contribution is -2.19. The molecule has 3 aromatic rings. The molecule has 0 radical (unpaired) electrons. The van der Waals surface area contributed by atoms with E-state index in [9.17, 15) is 0 Å². The van der Waals surface area contributed by atoms with Crippen molar-refractivity contribution in [2.45, 2.75) is 0 Å². The number of aromatic amines is 1. The van der Waals surface area contributed by atoms with Gasteiger partial charge in [-0.25, -0.2) is 9.98 Å². The van der Waals surface area contributed by atoms with Gasteiger partial charge < -0.3 is 10.7 Å². The molecule has 2 heterocycles. The van der Waals surface area contributed by atoms with Gasteiger partial charge in [0.15, 0.2) is 0 Å². The molecule has 0 aliphatic carbocycles. The number of hydrogen-bond donors (Lipinski definition) is 2. The summed E-state index contributed by atoms with van der Waals surface area (Å²) in [5.74, 6) is 1.74. The summed E-state index contributed by atoms with van der Waals surface area (Å²) in [7, 11) is 0. The first-order valence-corrected chi connectivity index (χ1v) is 6.29. The van der Waals surface area contributed by atoms with Crippen LogP contribution in [0.3, 0.4) is 0 Å². The van der Waals surface area contributed by atoms with E-state index in [1.54, 1.807) is 0 Å². The second-order valence-corrected chi connectivity index (χ2v) is 4.56. The number of aromatic nitrogens is 1. The van der Waals surface area contributed by atoms with Crippen molar-refractivity contribution in [1.29, 1.82) is 0 Å². The van der Waals surface area contributed by atoms with Crippen molar-refractivity contribution in [2.75, 3.05) is 5.73 Å². The highest BCUT2D eigenvalue weighted by atomic mass is 15.1. The van der Waals surface area contributed by atoms with Crippen LogP contribution in [0, 0.1) is 0 Å². The number of fused-ring (bicyclic) bond motifs is 2. The number of H-pyrrole nitrogens is 1. The van der Waals surface area contributed by atoms with Crippen molar-refractivity contribution in [3.8, 4) is 0 Å². The molecule has 0 spiro atoms. The standard InChI is InChI=1S/C15H11N5/c16-13-9-5-1-2-6-10(9)14(19-13)20-15-17-11-7-3-4-8-12(11)18-15/h1-8,19H,16H2. The highest BCUT2D eigenvalue weighted by Gasteiger charge is 2.09. The third-order valence-corrected chi connectivity index (χ3v) is 3.26. The summed E-state index contributed by atoms with van der Waals surface area (Å²) >= 11 is 0. The average molecular weight is 261 g/mol. The van der Waals surface area contributed by atoms with E-state index in [1.807, 2.05) is 48.5 Å². The highest BCUT2D eigenvalue weighted by Crippen LogP contribution is 2.30. The van der Waals surface area contributed by atoms with Crippen LogP contribution in [0.15, 0.2) is 63.5 Å². The van der Waals surface area contributed by atoms with Gasteiger partial charge in [0.05, 0.1) is 10.7 Å². The van der Waals surface area contributed by atoms with Gasteiger partial charge in [-0.15, -0.1) is 0 Å². The number of nitrogens with one attached hydrogen (secondary N) is 1. The lowest BCUT2D eigenvalue weighted by atomic mass is 10.2. The van der Waals surface area contributed by atoms with Crippen molar-refractivity contribution in [1.82, 2.24) is 4.98 Å². The van der Waals surface area contributed by atoms with Crippen molar-refractivity contribution in [3.63, 3.8) is 0 Å². The van der Waals surface area contributed by atoms with Gasteiger partial charge in [0, 0.05) is 10.8 Å². The number of aliphatic imine (C=N–C) groups is 1. The van der Waals surface area contributed by atoms with Gasteiger partial charge >= 0.3 is 0 Å². The largest absolute Gasteiger partial charge is 0.385 e. The molecule has 1 aromatic heterocycles. The minimum absolute atomic E-state index is 0.443. The van der Waals surface area contributed by atoms with Gasteiger partial charge in [0.2, 0.25) is 0 Å². The Morgan fingerprint density at radius 1 is 0.850 bits per heavy atom. The lowest BCUT2D eigenvalue weighted by molar-refractivity contribution is 1.32. The quantitative estimate of drug-likeness (QED) is 0.687. The van der Waals surface area contributed by atoms with E-state index in [4.69, 9.17) is 5.73 Å². The van der Waals surface area contributed by atoms with Gasteiger partial charge in [0.25, 0.3) is 5.96 Å². The molecule has 0 atom stereocenters. The number of para-hydroxylation sites is 2. The molecule has 2 aromatic carbocycles. The minimum Gasteiger partial charge on any atom is -0.385 e. The third kappa shape index (κ3) is 1.60. The van der Waals surface area contributed by atoms with Gasteiger partial charge in [-0.05, 0) is 12.1 Å². The number of benzene rings is 2. The van der Waals surface area contributed by atoms with Crippen molar-refractivity contribution < 1.29 is 0 Å². The molecular weight excluding hydrogens is 250 g/mol. The second-order valence-electron chi connectivity index (χ2n) is 4.56. The van der Waals surface area contributed by atoms with E-state index < -0.39 is 0 Å². The first-order chi connectivity index (χ1) is 9.81. The molecule has 5 nitrogen and oxygen atoms in total. The van der Waals surface area contributed by atoms with Crippen LogP contribution in [-0.2, 0) is 0 Å². The van der Waals surface area contributed by atoms with Crippen molar-refractivity contribution >= 4 is 28.4 Å². The van der Waals surface area contributed by atoms with Crippen LogP contribution < -0.4 is 16.4 Å². The average Bonchev–Trinajstić information content (AvgIpc) is 3.01. The molecular formula is C15H11N5. The maximum atomic E-state index is 5.95. The highest BCUT2D eigenvalue weighted by molar-refractivity contribution is 6.01. The van der Waals surface area contributed by atoms with Gasteiger partial charge in [-0.2, -0.15) is 4.99 Å². The Balaban J connectivity index is 1.91. The zero-order valence-corrected chi connectivity index (χ0v) is 10.5. The summed E-state index contributed by atoms with van der Waals surface area (Å²) < 4.78 is 0. The Kier molecular flexibility index (Phi) is 2.20. The molecule has 0 bridgehead atoms. The van der Waals surface area contributed by atoms with Crippen LogP contribution in [-0.4, -0.2) is 10.9 Å². The smallest absolute Gasteiger partial charge is 0.252 e. The first kappa shape index (κ1) is 10.9. The normalized spacial score (nSPS) is 12.9. The number of guanidine groups is 1. The predicted octanol–water partition coefficient (Wildman–Crippen LogP) is 1.69. The van der Waals surface area contributed by atoms with Gasteiger partial charge in [-0.3, -0.25) is 0 Å². The molecule has 3 N–H and O–H groups in total. The maximum Gasteiger partial charge on any atom is 0.252 e. The van der Waals surface area contributed by atoms with E-state index in [0.717, 1.165) is 21.5 Å². The van der Waals surface area contributed by atoms with Crippen molar-refractivity contribution in [3.05, 3.63) is 59.2 Å². The van der Waals surface area contributed by atoms with E-state index in [0.29, 0.717) is 17.6 Å². The van der Waals surface area contributed by atoms with Crippen LogP contribution in [0.1, 0.15) is 0 Å². The summed E-state index contributed by atoms with van der Waals surface area (Å²) in [5.41, 5.74) is 5.95. The Morgan fingerprint density at radius 3 is 2.15 bits per heavy atom.